The summed E-state index contributed by atoms with van der Waals surface area (Å²) in [5.41, 5.74) is 0.293. The Balaban J connectivity index is 2.51. The fourth-order valence-electron chi connectivity index (χ4n) is 0.800. The van der Waals surface area contributed by atoms with Crippen LogP contribution in [-0.2, 0) is 0 Å². The molecule has 0 aliphatic rings. The van der Waals surface area contributed by atoms with Gasteiger partial charge in [0, 0.05) is 10.6 Å². The maximum atomic E-state index is 10.5. The van der Waals surface area contributed by atoms with Crippen LogP contribution >= 0.6 is 21.6 Å². The van der Waals surface area contributed by atoms with Crippen molar-refractivity contribution in [2.75, 3.05) is 12.4 Å². The second kappa shape index (κ2) is 5.95. The minimum Gasteiger partial charge on any atom is -0.478 e. The van der Waals surface area contributed by atoms with Crippen LogP contribution in [0.5, 0.6) is 0 Å². The van der Waals surface area contributed by atoms with Crippen molar-refractivity contribution in [3.05, 3.63) is 29.8 Å². The summed E-state index contributed by atoms with van der Waals surface area (Å²) in [5.74, 6) is -0.240. The predicted molar refractivity (Wildman–Crippen MR) is 58.8 cm³/mol. The van der Waals surface area contributed by atoms with E-state index in [0.717, 1.165) is 4.90 Å². The number of hydrogen-bond donors (Lipinski definition) is 2. The lowest BCUT2D eigenvalue weighted by Crippen LogP contribution is -1.94. The summed E-state index contributed by atoms with van der Waals surface area (Å²) in [5, 5.41) is 17.2. The van der Waals surface area contributed by atoms with Gasteiger partial charge >= 0.3 is 5.97 Å². The van der Waals surface area contributed by atoms with Crippen molar-refractivity contribution in [3.63, 3.8) is 0 Å². The van der Waals surface area contributed by atoms with E-state index >= 15 is 0 Å². The van der Waals surface area contributed by atoms with Crippen LogP contribution in [0.1, 0.15) is 10.4 Å². The Hall–Kier alpha value is -0.650. The lowest BCUT2D eigenvalue weighted by molar-refractivity contribution is 0.0697. The lowest BCUT2D eigenvalue weighted by Gasteiger charge is -1.99. The highest BCUT2D eigenvalue weighted by molar-refractivity contribution is 8.76. The van der Waals surface area contributed by atoms with Crippen LogP contribution in [0.4, 0.5) is 0 Å². The second-order valence-electron chi connectivity index (χ2n) is 2.46. The summed E-state index contributed by atoms with van der Waals surface area (Å²) in [4.78, 5) is 11.5. The van der Waals surface area contributed by atoms with Crippen molar-refractivity contribution in [1.82, 2.24) is 0 Å². The van der Waals surface area contributed by atoms with Gasteiger partial charge in [0.25, 0.3) is 0 Å². The van der Waals surface area contributed by atoms with E-state index < -0.39 is 5.97 Å². The molecule has 1 aromatic carbocycles. The molecular formula is C9H10O3S2. The summed E-state index contributed by atoms with van der Waals surface area (Å²) >= 11 is 0. The van der Waals surface area contributed by atoms with E-state index in [1.165, 1.54) is 21.6 Å². The van der Waals surface area contributed by atoms with Gasteiger partial charge < -0.3 is 10.2 Å². The second-order valence-corrected chi connectivity index (χ2v) is 4.95. The van der Waals surface area contributed by atoms with Gasteiger partial charge in [0.1, 0.15) is 0 Å². The molecule has 1 rings (SSSR count). The number of aromatic carboxylic acids is 1. The van der Waals surface area contributed by atoms with Crippen molar-refractivity contribution >= 4 is 27.6 Å². The molecule has 0 aliphatic carbocycles. The summed E-state index contributed by atoms with van der Waals surface area (Å²) in [7, 11) is 3.07. The molecule has 0 bridgehead atoms. The summed E-state index contributed by atoms with van der Waals surface area (Å²) < 4.78 is 0. The molecule has 0 heterocycles. The molecular weight excluding hydrogens is 220 g/mol. The van der Waals surface area contributed by atoms with Gasteiger partial charge in [0.05, 0.1) is 12.2 Å². The van der Waals surface area contributed by atoms with E-state index in [0.29, 0.717) is 11.3 Å². The first-order chi connectivity index (χ1) is 6.74. The molecule has 0 atom stereocenters. The van der Waals surface area contributed by atoms with Gasteiger partial charge in [0.2, 0.25) is 0 Å². The fraction of sp³-hybridized carbons (Fsp3) is 0.222. The lowest BCUT2D eigenvalue weighted by atomic mass is 10.2. The number of carbonyl (C=O) groups is 1. The van der Waals surface area contributed by atoms with Gasteiger partial charge in [-0.15, -0.1) is 0 Å². The molecule has 0 saturated carbocycles. The van der Waals surface area contributed by atoms with Crippen molar-refractivity contribution in [2.24, 2.45) is 0 Å². The third kappa shape index (κ3) is 3.61. The van der Waals surface area contributed by atoms with Crippen LogP contribution in [-0.4, -0.2) is 28.5 Å². The quantitative estimate of drug-likeness (QED) is 0.599. The van der Waals surface area contributed by atoms with Crippen molar-refractivity contribution < 1.29 is 15.0 Å². The summed E-state index contributed by atoms with van der Waals surface area (Å²) in [6.45, 7) is 0.158. The Morgan fingerprint density at radius 1 is 1.29 bits per heavy atom. The van der Waals surface area contributed by atoms with Crippen molar-refractivity contribution in [1.29, 1.82) is 0 Å². The average Bonchev–Trinajstić information content (AvgIpc) is 2.19. The molecule has 0 saturated heterocycles. The van der Waals surface area contributed by atoms with E-state index in [-0.39, 0.29) is 6.61 Å². The Morgan fingerprint density at radius 3 is 2.43 bits per heavy atom. The zero-order valence-electron chi connectivity index (χ0n) is 7.34. The highest BCUT2D eigenvalue weighted by Gasteiger charge is 2.01. The zero-order chi connectivity index (χ0) is 10.4. The summed E-state index contributed by atoms with van der Waals surface area (Å²) in [6.07, 6.45) is 0. The zero-order valence-corrected chi connectivity index (χ0v) is 8.98. The van der Waals surface area contributed by atoms with Crippen molar-refractivity contribution in [3.8, 4) is 0 Å². The number of aliphatic hydroxyl groups excluding tert-OH is 1. The van der Waals surface area contributed by atoms with Gasteiger partial charge in [0.15, 0.2) is 0 Å². The Kier molecular flexibility index (Phi) is 4.86. The molecule has 3 nitrogen and oxygen atoms in total. The molecule has 1 aromatic rings. The third-order valence-corrected chi connectivity index (χ3v) is 3.79. The minimum atomic E-state index is -0.912. The number of rotatable bonds is 5. The maximum Gasteiger partial charge on any atom is 0.335 e. The Labute approximate surface area is 89.9 Å². The molecule has 0 aliphatic heterocycles. The molecule has 0 radical (unpaired) electrons. The SMILES string of the molecule is O=C(O)c1ccc(SSCCO)cc1. The molecule has 14 heavy (non-hydrogen) atoms. The van der Waals surface area contributed by atoms with E-state index in [1.54, 1.807) is 24.3 Å². The van der Waals surface area contributed by atoms with Gasteiger partial charge in [-0.05, 0) is 24.3 Å². The molecule has 0 fully saturated rings. The highest BCUT2D eigenvalue weighted by Crippen LogP contribution is 2.30. The Bertz CT molecular complexity index is 297. The first kappa shape index (κ1) is 11.4. The molecule has 0 aromatic heterocycles. The van der Waals surface area contributed by atoms with Gasteiger partial charge in [-0.1, -0.05) is 21.6 Å². The van der Waals surface area contributed by atoms with Crippen LogP contribution in [0.25, 0.3) is 0 Å². The highest BCUT2D eigenvalue weighted by atomic mass is 33.1. The van der Waals surface area contributed by atoms with E-state index in [1.807, 2.05) is 0 Å². The number of aliphatic hydroxyl groups is 1. The number of carboxylic acid groups (broad SMARTS) is 1. The number of hydrogen-bond acceptors (Lipinski definition) is 4. The normalized spacial score (nSPS) is 10.1. The molecule has 0 spiro atoms. The van der Waals surface area contributed by atoms with Gasteiger partial charge in [-0.3, -0.25) is 0 Å². The first-order valence-electron chi connectivity index (χ1n) is 3.97. The van der Waals surface area contributed by atoms with Crippen LogP contribution in [0.3, 0.4) is 0 Å². The predicted octanol–water partition coefficient (Wildman–Crippen LogP) is 2.12. The molecule has 5 heteroatoms. The number of carboxylic acids is 1. The topological polar surface area (TPSA) is 57.5 Å². The number of benzene rings is 1. The third-order valence-electron chi connectivity index (χ3n) is 1.43. The van der Waals surface area contributed by atoms with Crippen LogP contribution in [0.15, 0.2) is 29.2 Å². The van der Waals surface area contributed by atoms with E-state index in [2.05, 4.69) is 0 Å². The van der Waals surface area contributed by atoms with Crippen molar-refractivity contribution in [2.45, 2.75) is 4.90 Å². The minimum absolute atomic E-state index is 0.158. The first-order valence-corrected chi connectivity index (χ1v) is 6.29. The van der Waals surface area contributed by atoms with Crippen LogP contribution in [0, 0.1) is 0 Å². The van der Waals surface area contributed by atoms with Gasteiger partial charge in [-0.25, -0.2) is 4.79 Å². The maximum absolute atomic E-state index is 10.5. The molecule has 2 N–H and O–H groups in total. The Morgan fingerprint density at radius 2 is 1.93 bits per heavy atom. The summed E-state index contributed by atoms with van der Waals surface area (Å²) in [6, 6.07) is 6.67. The largest absolute Gasteiger partial charge is 0.478 e. The average molecular weight is 230 g/mol. The van der Waals surface area contributed by atoms with Gasteiger partial charge in [-0.2, -0.15) is 0 Å². The molecule has 0 amide bonds. The smallest absolute Gasteiger partial charge is 0.335 e. The molecule has 0 unspecified atom stereocenters. The fourth-order valence-corrected chi connectivity index (χ4v) is 2.56. The van der Waals surface area contributed by atoms with Crippen LogP contribution < -0.4 is 0 Å². The van der Waals surface area contributed by atoms with E-state index in [4.69, 9.17) is 10.2 Å². The monoisotopic (exact) mass is 230 g/mol. The van der Waals surface area contributed by atoms with Crippen LogP contribution in [0.2, 0.25) is 0 Å². The van der Waals surface area contributed by atoms with E-state index in [9.17, 15) is 4.79 Å². The molecule has 76 valence electrons. The standard InChI is InChI=1S/C9H10O3S2/c10-5-6-13-14-8-3-1-7(2-4-8)9(11)12/h1-4,10H,5-6H2,(H,11,12).